The lowest BCUT2D eigenvalue weighted by atomic mass is 10.0. The predicted molar refractivity (Wildman–Crippen MR) is 129 cm³/mol. The SMILES string of the molecule is Cc1cc(F)ccc1-n1c(=O)n(C)c2cnc3ccc(-c4cnc5ccccc5c4)cc3c21. The Kier molecular flexibility index (Phi) is 4.17. The Labute approximate surface area is 188 Å². The standard InChI is InChI=1S/C27H19FN4O/c1-16-11-20(28)8-10-24(16)32-26-21-13-17(19-12-18-5-3-4-6-22(18)29-14-19)7-9-23(21)30-15-25(26)31(2)27(32)33/h3-15H,1-2H3. The first-order valence-corrected chi connectivity index (χ1v) is 10.6. The minimum absolute atomic E-state index is 0.202. The van der Waals surface area contributed by atoms with E-state index in [-0.39, 0.29) is 11.5 Å². The zero-order valence-corrected chi connectivity index (χ0v) is 18.1. The number of aryl methyl sites for hydroxylation is 2. The van der Waals surface area contributed by atoms with Gasteiger partial charge in [0.25, 0.3) is 0 Å². The van der Waals surface area contributed by atoms with E-state index in [9.17, 15) is 9.18 Å². The maximum absolute atomic E-state index is 13.8. The second-order valence-corrected chi connectivity index (χ2v) is 8.25. The van der Waals surface area contributed by atoms with Gasteiger partial charge in [0, 0.05) is 29.6 Å². The van der Waals surface area contributed by atoms with Gasteiger partial charge >= 0.3 is 5.69 Å². The molecule has 0 saturated heterocycles. The Morgan fingerprint density at radius 2 is 1.67 bits per heavy atom. The van der Waals surface area contributed by atoms with E-state index in [4.69, 9.17) is 0 Å². The third-order valence-corrected chi connectivity index (χ3v) is 6.21. The Balaban J connectivity index is 1.67. The van der Waals surface area contributed by atoms with Gasteiger partial charge in [-0.15, -0.1) is 0 Å². The van der Waals surface area contributed by atoms with Crippen LogP contribution in [0.2, 0.25) is 0 Å². The topological polar surface area (TPSA) is 52.7 Å². The number of nitrogens with zero attached hydrogens (tertiary/aromatic N) is 4. The highest BCUT2D eigenvalue weighted by Crippen LogP contribution is 2.31. The smallest absolute Gasteiger partial charge is 0.293 e. The Morgan fingerprint density at radius 3 is 2.52 bits per heavy atom. The highest BCUT2D eigenvalue weighted by molar-refractivity contribution is 6.05. The van der Waals surface area contributed by atoms with E-state index in [1.165, 1.54) is 12.1 Å². The van der Waals surface area contributed by atoms with Crippen molar-refractivity contribution in [2.75, 3.05) is 0 Å². The molecule has 3 aromatic carbocycles. The van der Waals surface area contributed by atoms with E-state index in [0.29, 0.717) is 16.8 Å². The summed E-state index contributed by atoms with van der Waals surface area (Å²) in [5.41, 5.74) is 6.27. The molecule has 160 valence electrons. The highest BCUT2D eigenvalue weighted by Gasteiger charge is 2.18. The van der Waals surface area contributed by atoms with Gasteiger partial charge in [0.05, 0.1) is 34.0 Å². The van der Waals surface area contributed by atoms with Crippen LogP contribution < -0.4 is 5.69 Å². The van der Waals surface area contributed by atoms with Crippen molar-refractivity contribution in [3.8, 4) is 16.8 Å². The summed E-state index contributed by atoms with van der Waals surface area (Å²) < 4.78 is 17.0. The van der Waals surface area contributed by atoms with Crippen LogP contribution in [0.5, 0.6) is 0 Å². The molecule has 33 heavy (non-hydrogen) atoms. The normalized spacial score (nSPS) is 11.6. The van der Waals surface area contributed by atoms with Crippen molar-refractivity contribution in [2.45, 2.75) is 6.92 Å². The molecule has 0 saturated carbocycles. The molecule has 6 rings (SSSR count). The molecule has 0 unspecified atom stereocenters. The summed E-state index contributed by atoms with van der Waals surface area (Å²) in [6.07, 6.45) is 3.57. The summed E-state index contributed by atoms with van der Waals surface area (Å²) in [4.78, 5) is 22.4. The van der Waals surface area contributed by atoms with Gasteiger partial charge in [-0.05, 0) is 60.5 Å². The number of benzene rings is 3. The van der Waals surface area contributed by atoms with Crippen LogP contribution in [0.3, 0.4) is 0 Å². The van der Waals surface area contributed by atoms with Crippen molar-refractivity contribution in [1.82, 2.24) is 19.1 Å². The van der Waals surface area contributed by atoms with E-state index in [1.54, 1.807) is 35.4 Å². The molecule has 5 nitrogen and oxygen atoms in total. The quantitative estimate of drug-likeness (QED) is 0.360. The van der Waals surface area contributed by atoms with E-state index in [1.807, 2.05) is 48.7 Å². The van der Waals surface area contributed by atoms with Crippen LogP contribution in [0.1, 0.15) is 5.56 Å². The number of fused-ring (bicyclic) bond motifs is 4. The predicted octanol–water partition coefficient (Wildman–Crippen LogP) is 5.54. The number of aromatic nitrogens is 4. The zero-order valence-electron chi connectivity index (χ0n) is 18.1. The lowest BCUT2D eigenvalue weighted by Gasteiger charge is -2.10. The van der Waals surface area contributed by atoms with E-state index >= 15 is 0 Å². The number of pyridine rings is 2. The molecule has 6 heteroatoms. The van der Waals surface area contributed by atoms with Gasteiger partial charge in [0.15, 0.2) is 0 Å². The molecule has 0 radical (unpaired) electrons. The van der Waals surface area contributed by atoms with Crippen LogP contribution >= 0.6 is 0 Å². The second kappa shape index (κ2) is 7.10. The maximum atomic E-state index is 13.8. The third-order valence-electron chi connectivity index (χ3n) is 6.21. The summed E-state index contributed by atoms with van der Waals surface area (Å²) in [5.74, 6) is -0.331. The number of hydrogen-bond donors (Lipinski definition) is 0. The monoisotopic (exact) mass is 434 g/mol. The summed E-state index contributed by atoms with van der Waals surface area (Å²) in [6.45, 7) is 1.80. The Bertz CT molecular complexity index is 1780. The molecule has 6 aromatic rings. The van der Waals surface area contributed by atoms with Gasteiger partial charge in [-0.1, -0.05) is 24.3 Å². The fourth-order valence-electron chi connectivity index (χ4n) is 4.50. The van der Waals surface area contributed by atoms with Crippen LogP contribution in [0.4, 0.5) is 4.39 Å². The molecule has 0 atom stereocenters. The maximum Gasteiger partial charge on any atom is 0.333 e. The van der Waals surface area contributed by atoms with Gasteiger partial charge in [-0.3, -0.25) is 19.1 Å². The molecular formula is C27H19FN4O. The minimum atomic E-state index is -0.331. The zero-order chi connectivity index (χ0) is 22.7. The van der Waals surface area contributed by atoms with E-state index in [2.05, 4.69) is 16.0 Å². The van der Waals surface area contributed by atoms with E-state index in [0.717, 1.165) is 38.4 Å². The van der Waals surface area contributed by atoms with Crippen LogP contribution in [-0.2, 0) is 7.05 Å². The molecular weight excluding hydrogens is 415 g/mol. The van der Waals surface area contributed by atoms with Crippen LogP contribution in [0.25, 0.3) is 49.7 Å². The molecule has 0 aliphatic carbocycles. The van der Waals surface area contributed by atoms with Gasteiger partial charge in [0.2, 0.25) is 0 Å². The molecule has 0 N–H and O–H groups in total. The highest BCUT2D eigenvalue weighted by atomic mass is 19.1. The third kappa shape index (κ3) is 2.95. The largest absolute Gasteiger partial charge is 0.333 e. The van der Waals surface area contributed by atoms with Gasteiger partial charge in [-0.25, -0.2) is 9.18 Å². The molecule has 3 aromatic heterocycles. The molecule has 0 aliphatic heterocycles. The average molecular weight is 434 g/mol. The molecule has 0 amide bonds. The molecule has 0 aliphatic rings. The van der Waals surface area contributed by atoms with Crippen molar-refractivity contribution >= 4 is 32.8 Å². The number of rotatable bonds is 2. The fraction of sp³-hybridized carbons (Fsp3) is 0.0741. The first kappa shape index (κ1) is 19.4. The van der Waals surface area contributed by atoms with Gasteiger partial charge in [-0.2, -0.15) is 0 Å². The first-order valence-electron chi connectivity index (χ1n) is 10.6. The van der Waals surface area contributed by atoms with Crippen molar-refractivity contribution in [3.63, 3.8) is 0 Å². The molecule has 3 heterocycles. The number of hydrogen-bond acceptors (Lipinski definition) is 3. The van der Waals surface area contributed by atoms with Gasteiger partial charge < -0.3 is 0 Å². The lowest BCUT2D eigenvalue weighted by Crippen LogP contribution is -2.21. The minimum Gasteiger partial charge on any atom is -0.293 e. The number of imidazole rings is 1. The Hall–Kier alpha value is -4.32. The Morgan fingerprint density at radius 1 is 0.848 bits per heavy atom. The molecule has 0 bridgehead atoms. The van der Waals surface area contributed by atoms with Gasteiger partial charge in [0.1, 0.15) is 5.82 Å². The second-order valence-electron chi connectivity index (χ2n) is 8.25. The van der Waals surface area contributed by atoms with Crippen LogP contribution in [0.15, 0.2) is 83.9 Å². The first-order chi connectivity index (χ1) is 16.0. The van der Waals surface area contributed by atoms with E-state index < -0.39 is 0 Å². The lowest BCUT2D eigenvalue weighted by molar-refractivity contribution is 0.626. The van der Waals surface area contributed by atoms with Crippen molar-refractivity contribution < 1.29 is 4.39 Å². The fourth-order valence-corrected chi connectivity index (χ4v) is 4.50. The molecule has 0 spiro atoms. The van der Waals surface area contributed by atoms with Crippen molar-refractivity contribution in [3.05, 3.63) is 101 Å². The number of para-hydroxylation sites is 1. The molecule has 0 fully saturated rings. The van der Waals surface area contributed by atoms with Crippen LogP contribution in [-0.4, -0.2) is 19.1 Å². The summed E-state index contributed by atoms with van der Waals surface area (Å²) >= 11 is 0. The van der Waals surface area contributed by atoms with Crippen molar-refractivity contribution in [2.24, 2.45) is 7.05 Å². The summed E-state index contributed by atoms with van der Waals surface area (Å²) in [7, 11) is 1.73. The average Bonchev–Trinajstić information content (AvgIpc) is 3.09. The summed E-state index contributed by atoms with van der Waals surface area (Å²) in [5, 5.41) is 1.91. The van der Waals surface area contributed by atoms with Crippen molar-refractivity contribution in [1.29, 1.82) is 0 Å². The summed E-state index contributed by atoms with van der Waals surface area (Å²) in [6, 6.07) is 20.6. The number of halogens is 1. The van der Waals surface area contributed by atoms with Crippen LogP contribution in [0, 0.1) is 12.7 Å².